The predicted octanol–water partition coefficient (Wildman–Crippen LogP) is 3.70. The van der Waals surface area contributed by atoms with Crippen molar-refractivity contribution in [2.45, 2.75) is 50.7 Å². The maximum atomic E-state index is 14.0. The van der Waals surface area contributed by atoms with Gasteiger partial charge in [0.25, 0.3) is 0 Å². The molecule has 3 nitrogen and oxygen atoms in total. The first-order chi connectivity index (χ1) is 10.1. The zero-order valence-electron chi connectivity index (χ0n) is 11.8. The molecule has 1 aromatic carbocycles. The highest BCUT2D eigenvalue weighted by atomic mass is 35.5. The number of carboxylic acids is 1. The van der Waals surface area contributed by atoms with E-state index in [1.807, 2.05) is 4.90 Å². The lowest BCUT2D eigenvalue weighted by Gasteiger charge is -2.33. The van der Waals surface area contributed by atoms with Crippen molar-refractivity contribution in [2.75, 3.05) is 0 Å². The Hall–Kier alpha value is -1.13. The second-order valence-corrected chi connectivity index (χ2v) is 6.48. The Bertz CT molecular complexity index is 531. The van der Waals surface area contributed by atoms with E-state index in [1.54, 1.807) is 12.1 Å². The molecule has 1 aliphatic carbocycles. The average Bonchev–Trinajstić information content (AvgIpc) is 2.82. The van der Waals surface area contributed by atoms with Crippen LogP contribution in [0.2, 0.25) is 5.02 Å². The van der Waals surface area contributed by atoms with Gasteiger partial charge in [0.1, 0.15) is 11.9 Å². The molecule has 2 fully saturated rings. The first kappa shape index (κ1) is 14.8. The van der Waals surface area contributed by atoms with E-state index in [1.165, 1.54) is 12.5 Å². The van der Waals surface area contributed by atoms with Crippen LogP contribution in [0.1, 0.15) is 37.7 Å². The van der Waals surface area contributed by atoms with E-state index < -0.39 is 12.0 Å². The summed E-state index contributed by atoms with van der Waals surface area (Å²) < 4.78 is 14.0. The van der Waals surface area contributed by atoms with Crippen LogP contribution in [0.3, 0.4) is 0 Å². The SMILES string of the molecule is O=C(O)[C@@H]1C[C@@H]2CCCC[C@H]2N1Cc1c(F)cccc1Cl. The van der Waals surface area contributed by atoms with Crippen LogP contribution in [-0.2, 0) is 11.3 Å². The molecule has 1 N–H and O–H groups in total. The Morgan fingerprint density at radius 2 is 2.14 bits per heavy atom. The van der Waals surface area contributed by atoms with E-state index in [4.69, 9.17) is 11.6 Å². The molecule has 0 bridgehead atoms. The van der Waals surface area contributed by atoms with Crippen molar-refractivity contribution in [1.29, 1.82) is 0 Å². The minimum Gasteiger partial charge on any atom is -0.480 e. The third-order valence-corrected chi connectivity index (χ3v) is 5.26. The minimum absolute atomic E-state index is 0.246. The van der Waals surface area contributed by atoms with E-state index in [9.17, 15) is 14.3 Å². The highest BCUT2D eigenvalue weighted by molar-refractivity contribution is 6.31. The van der Waals surface area contributed by atoms with E-state index in [-0.39, 0.29) is 18.4 Å². The smallest absolute Gasteiger partial charge is 0.320 e. The summed E-state index contributed by atoms with van der Waals surface area (Å²) in [5.41, 5.74) is 0.414. The third kappa shape index (κ3) is 2.79. The molecular weight excluding hydrogens is 293 g/mol. The molecule has 3 atom stereocenters. The molecule has 0 radical (unpaired) electrons. The maximum Gasteiger partial charge on any atom is 0.320 e. The minimum atomic E-state index is -0.808. The fourth-order valence-electron chi connectivity index (χ4n) is 3.89. The Morgan fingerprint density at radius 1 is 1.38 bits per heavy atom. The van der Waals surface area contributed by atoms with Crippen molar-refractivity contribution in [3.63, 3.8) is 0 Å². The number of nitrogens with zero attached hydrogens (tertiary/aromatic N) is 1. The number of aliphatic carboxylic acids is 1. The van der Waals surface area contributed by atoms with Crippen LogP contribution in [0.25, 0.3) is 0 Å². The van der Waals surface area contributed by atoms with Crippen molar-refractivity contribution in [1.82, 2.24) is 4.90 Å². The van der Waals surface area contributed by atoms with Gasteiger partial charge in [-0.3, -0.25) is 9.69 Å². The molecule has 21 heavy (non-hydrogen) atoms. The largest absolute Gasteiger partial charge is 0.480 e. The Labute approximate surface area is 128 Å². The van der Waals surface area contributed by atoms with Gasteiger partial charge < -0.3 is 5.11 Å². The number of carbonyl (C=O) groups is 1. The Balaban J connectivity index is 1.88. The van der Waals surface area contributed by atoms with E-state index in [0.717, 1.165) is 19.3 Å². The Morgan fingerprint density at radius 3 is 2.86 bits per heavy atom. The fourth-order valence-corrected chi connectivity index (χ4v) is 4.11. The second kappa shape index (κ2) is 5.93. The van der Waals surface area contributed by atoms with Crippen molar-refractivity contribution < 1.29 is 14.3 Å². The van der Waals surface area contributed by atoms with E-state index in [0.29, 0.717) is 22.9 Å². The first-order valence-electron chi connectivity index (χ1n) is 7.49. The average molecular weight is 312 g/mol. The molecule has 0 unspecified atom stereocenters. The summed E-state index contributed by atoms with van der Waals surface area (Å²) in [5.74, 6) is -0.742. The summed E-state index contributed by atoms with van der Waals surface area (Å²) in [5, 5.41) is 9.85. The van der Waals surface area contributed by atoms with Crippen molar-refractivity contribution in [3.8, 4) is 0 Å². The van der Waals surface area contributed by atoms with Gasteiger partial charge in [-0.25, -0.2) is 4.39 Å². The monoisotopic (exact) mass is 311 g/mol. The number of carboxylic acid groups (broad SMARTS) is 1. The lowest BCUT2D eigenvalue weighted by Crippen LogP contribution is -2.41. The highest BCUT2D eigenvalue weighted by Crippen LogP contribution is 2.41. The fraction of sp³-hybridized carbons (Fsp3) is 0.562. The molecule has 0 aromatic heterocycles. The molecule has 1 aromatic rings. The zero-order chi connectivity index (χ0) is 15.0. The van der Waals surface area contributed by atoms with E-state index >= 15 is 0 Å². The van der Waals surface area contributed by atoms with Crippen molar-refractivity contribution in [3.05, 3.63) is 34.6 Å². The van der Waals surface area contributed by atoms with Gasteiger partial charge in [-0.1, -0.05) is 30.5 Å². The predicted molar refractivity (Wildman–Crippen MR) is 78.7 cm³/mol. The number of rotatable bonds is 3. The van der Waals surface area contributed by atoms with E-state index in [2.05, 4.69) is 0 Å². The number of likely N-dealkylation sites (tertiary alicyclic amines) is 1. The Kier molecular flexibility index (Phi) is 4.18. The molecule has 1 saturated heterocycles. The molecular formula is C16H19ClFNO2. The third-order valence-electron chi connectivity index (χ3n) is 4.91. The van der Waals surface area contributed by atoms with Crippen molar-refractivity contribution >= 4 is 17.6 Å². The number of halogens is 2. The molecule has 114 valence electrons. The molecule has 3 rings (SSSR count). The lowest BCUT2D eigenvalue weighted by atomic mass is 9.84. The van der Waals surface area contributed by atoms with Crippen LogP contribution in [0, 0.1) is 11.7 Å². The maximum absolute atomic E-state index is 14.0. The first-order valence-corrected chi connectivity index (χ1v) is 7.87. The summed E-state index contributed by atoms with van der Waals surface area (Å²) in [6, 6.07) is 4.34. The summed E-state index contributed by atoms with van der Waals surface area (Å²) in [4.78, 5) is 13.5. The normalized spacial score (nSPS) is 29.3. The quantitative estimate of drug-likeness (QED) is 0.925. The van der Waals surface area contributed by atoms with Crippen LogP contribution in [0.15, 0.2) is 18.2 Å². The van der Waals surface area contributed by atoms with Crippen LogP contribution in [-0.4, -0.2) is 28.1 Å². The van der Waals surface area contributed by atoms with Gasteiger partial charge in [0.2, 0.25) is 0 Å². The molecule has 1 aliphatic heterocycles. The molecule has 1 heterocycles. The van der Waals surface area contributed by atoms with Crippen LogP contribution < -0.4 is 0 Å². The number of fused-ring (bicyclic) bond motifs is 1. The summed E-state index contributed by atoms with van der Waals surface area (Å²) in [6.07, 6.45) is 5.04. The second-order valence-electron chi connectivity index (χ2n) is 6.07. The number of hydrogen-bond acceptors (Lipinski definition) is 2. The van der Waals surface area contributed by atoms with Crippen LogP contribution in [0.4, 0.5) is 4.39 Å². The van der Waals surface area contributed by atoms with Gasteiger partial charge in [-0.2, -0.15) is 0 Å². The van der Waals surface area contributed by atoms with Crippen LogP contribution in [0.5, 0.6) is 0 Å². The molecule has 2 aliphatic rings. The van der Waals surface area contributed by atoms with Gasteiger partial charge in [0.05, 0.1) is 0 Å². The number of benzene rings is 1. The van der Waals surface area contributed by atoms with Crippen LogP contribution >= 0.6 is 11.6 Å². The molecule has 0 spiro atoms. The van der Waals surface area contributed by atoms with Crippen molar-refractivity contribution in [2.24, 2.45) is 5.92 Å². The molecule has 1 saturated carbocycles. The van der Waals surface area contributed by atoms with Gasteiger partial charge in [0.15, 0.2) is 0 Å². The van der Waals surface area contributed by atoms with Gasteiger partial charge >= 0.3 is 5.97 Å². The van der Waals surface area contributed by atoms with Gasteiger partial charge in [0, 0.05) is 23.2 Å². The zero-order valence-corrected chi connectivity index (χ0v) is 12.5. The van der Waals surface area contributed by atoms with Gasteiger partial charge in [-0.15, -0.1) is 0 Å². The summed E-state index contributed by atoms with van der Waals surface area (Å²) in [6.45, 7) is 0.281. The lowest BCUT2D eigenvalue weighted by molar-refractivity contribution is -0.142. The summed E-state index contributed by atoms with van der Waals surface area (Å²) >= 11 is 6.10. The topological polar surface area (TPSA) is 40.5 Å². The highest BCUT2D eigenvalue weighted by Gasteiger charge is 2.45. The summed E-state index contributed by atoms with van der Waals surface area (Å²) in [7, 11) is 0. The molecule has 0 amide bonds. The molecule has 5 heteroatoms. The standard InChI is InChI=1S/C16H19ClFNO2/c17-12-5-3-6-13(18)11(12)9-19-14-7-2-1-4-10(14)8-15(19)16(20)21/h3,5-6,10,14-15H,1-2,4,7-9H2,(H,20,21)/t10-,14+,15-/m0/s1. The van der Waals surface area contributed by atoms with Gasteiger partial charge in [-0.05, 0) is 37.3 Å². The number of hydrogen-bond donors (Lipinski definition) is 1.